The summed E-state index contributed by atoms with van der Waals surface area (Å²) in [5, 5.41) is 3.24. The van der Waals surface area contributed by atoms with Crippen molar-refractivity contribution in [1.82, 2.24) is 15.1 Å². The minimum Gasteiger partial charge on any atom is -0.370 e. The highest BCUT2D eigenvalue weighted by Crippen LogP contribution is 2.13. The van der Waals surface area contributed by atoms with Crippen molar-refractivity contribution in [1.29, 1.82) is 0 Å². The molecule has 0 spiro atoms. The lowest BCUT2D eigenvalue weighted by atomic mass is 10.0. The Bertz CT molecular complexity index is 498. The summed E-state index contributed by atoms with van der Waals surface area (Å²) in [6.45, 7) is 10.7. The van der Waals surface area contributed by atoms with E-state index in [1.165, 1.54) is 5.56 Å². The first-order valence-electron chi connectivity index (χ1n) is 9.06. The Morgan fingerprint density at radius 2 is 1.80 bits per heavy atom. The maximum atomic E-state index is 6.05. The van der Waals surface area contributed by atoms with Gasteiger partial charge in [0.1, 0.15) is 0 Å². The van der Waals surface area contributed by atoms with E-state index in [0.717, 1.165) is 45.7 Å². The van der Waals surface area contributed by atoms with Gasteiger partial charge in [0, 0.05) is 38.8 Å². The second-order valence-corrected chi connectivity index (χ2v) is 7.04. The molecule has 6 heteroatoms. The lowest BCUT2D eigenvalue weighted by Crippen LogP contribution is -2.52. The van der Waals surface area contributed by atoms with Crippen molar-refractivity contribution in [2.24, 2.45) is 16.6 Å². The van der Waals surface area contributed by atoms with Crippen molar-refractivity contribution in [3.8, 4) is 0 Å². The number of aliphatic imine (C=N–C) groups is 1. The summed E-state index contributed by atoms with van der Waals surface area (Å²) in [6.07, 6.45) is 0.961. The van der Waals surface area contributed by atoms with E-state index in [4.69, 9.17) is 5.73 Å². The van der Waals surface area contributed by atoms with Crippen molar-refractivity contribution in [2.45, 2.75) is 26.3 Å². The van der Waals surface area contributed by atoms with Crippen LogP contribution in [-0.4, -0.2) is 68.1 Å². The zero-order valence-electron chi connectivity index (χ0n) is 15.8. The van der Waals surface area contributed by atoms with E-state index in [1.54, 1.807) is 0 Å². The fourth-order valence-corrected chi connectivity index (χ4v) is 3.13. The van der Waals surface area contributed by atoms with Gasteiger partial charge in [0.2, 0.25) is 0 Å². The zero-order valence-corrected chi connectivity index (χ0v) is 18.1. The molecule has 25 heavy (non-hydrogen) atoms. The van der Waals surface area contributed by atoms with Crippen LogP contribution in [0.2, 0.25) is 0 Å². The minimum absolute atomic E-state index is 0. The molecular weight excluding hydrogens is 425 g/mol. The van der Waals surface area contributed by atoms with E-state index < -0.39 is 0 Å². The van der Waals surface area contributed by atoms with E-state index in [2.05, 4.69) is 65.3 Å². The predicted octanol–water partition coefficient (Wildman–Crippen LogP) is 2.02. The number of hydrogen-bond donors (Lipinski definition) is 2. The number of nitrogens with one attached hydrogen (secondary N) is 1. The van der Waals surface area contributed by atoms with Gasteiger partial charge >= 0.3 is 0 Å². The standard InChI is InChI=1S/C19H33N5.HI/c1-16(2)18(24-13-11-23(3)12-14-24)15-22-19(20)21-10-9-17-7-5-4-6-8-17;/h4-8,16,18H,9-15H2,1-3H3,(H3,20,21,22);1H. The molecule has 2 rings (SSSR count). The second kappa shape index (κ2) is 11.7. The molecule has 142 valence electrons. The Balaban J connectivity index is 0.00000312. The average molecular weight is 459 g/mol. The highest BCUT2D eigenvalue weighted by molar-refractivity contribution is 14.0. The van der Waals surface area contributed by atoms with E-state index in [-0.39, 0.29) is 24.0 Å². The highest BCUT2D eigenvalue weighted by Gasteiger charge is 2.24. The Kier molecular flexibility index (Phi) is 10.4. The molecule has 1 heterocycles. The largest absolute Gasteiger partial charge is 0.370 e. The normalized spacial score (nSPS) is 18.0. The lowest BCUT2D eigenvalue weighted by Gasteiger charge is -2.39. The van der Waals surface area contributed by atoms with Crippen molar-refractivity contribution in [2.75, 3.05) is 46.3 Å². The average Bonchev–Trinajstić information content (AvgIpc) is 2.57. The molecule has 0 saturated carbocycles. The summed E-state index contributed by atoms with van der Waals surface area (Å²) in [4.78, 5) is 9.55. The number of nitrogens with two attached hydrogens (primary N) is 1. The van der Waals surface area contributed by atoms with Gasteiger partial charge in [-0.05, 0) is 24.9 Å². The fraction of sp³-hybridized carbons (Fsp3) is 0.632. The van der Waals surface area contributed by atoms with Crippen LogP contribution in [0.4, 0.5) is 0 Å². The molecule has 1 aromatic carbocycles. The summed E-state index contributed by atoms with van der Waals surface area (Å²) < 4.78 is 0. The molecule has 0 radical (unpaired) electrons. The SMILES string of the molecule is CC(C)C(CN=C(N)NCCc1ccccc1)N1CCN(C)CC1.I. The maximum absolute atomic E-state index is 6.05. The number of rotatable bonds is 7. The summed E-state index contributed by atoms with van der Waals surface area (Å²) >= 11 is 0. The van der Waals surface area contributed by atoms with Gasteiger partial charge in [-0.1, -0.05) is 44.2 Å². The number of halogens is 1. The summed E-state index contributed by atoms with van der Waals surface area (Å²) in [5.74, 6) is 1.14. The van der Waals surface area contributed by atoms with Gasteiger partial charge in [0.05, 0.1) is 6.54 Å². The number of guanidine groups is 1. The number of piperazine rings is 1. The van der Waals surface area contributed by atoms with Gasteiger partial charge in [0.25, 0.3) is 0 Å². The van der Waals surface area contributed by atoms with Crippen LogP contribution in [0.3, 0.4) is 0 Å². The summed E-state index contributed by atoms with van der Waals surface area (Å²) in [7, 11) is 2.19. The monoisotopic (exact) mass is 459 g/mol. The molecule has 1 unspecified atom stereocenters. The molecule has 1 aromatic rings. The van der Waals surface area contributed by atoms with E-state index in [1.807, 2.05) is 6.07 Å². The first kappa shape index (κ1) is 22.2. The van der Waals surface area contributed by atoms with Gasteiger partial charge in [-0.3, -0.25) is 9.89 Å². The van der Waals surface area contributed by atoms with Crippen LogP contribution in [0.25, 0.3) is 0 Å². The minimum atomic E-state index is 0. The van der Waals surface area contributed by atoms with Gasteiger partial charge in [-0.25, -0.2) is 0 Å². The van der Waals surface area contributed by atoms with Crippen LogP contribution in [0.1, 0.15) is 19.4 Å². The molecule has 0 aliphatic carbocycles. The van der Waals surface area contributed by atoms with Crippen molar-refractivity contribution >= 4 is 29.9 Å². The van der Waals surface area contributed by atoms with E-state index in [0.29, 0.717) is 17.9 Å². The molecule has 1 saturated heterocycles. The van der Waals surface area contributed by atoms with E-state index in [9.17, 15) is 0 Å². The number of nitrogens with zero attached hydrogens (tertiary/aromatic N) is 3. The van der Waals surface area contributed by atoms with Gasteiger partial charge < -0.3 is 16.0 Å². The first-order chi connectivity index (χ1) is 11.6. The number of likely N-dealkylation sites (N-methyl/N-ethyl adjacent to an activating group) is 1. The first-order valence-corrected chi connectivity index (χ1v) is 9.06. The third-order valence-corrected chi connectivity index (χ3v) is 4.79. The van der Waals surface area contributed by atoms with Crippen LogP contribution >= 0.6 is 24.0 Å². The Morgan fingerprint density at radius 1 is 1.16 bits per heavy atom. The molecule has 1 fully saturated rings. The van der Waals surface area contributed by atoms with Crippen molar-refractivity contribution in [3.05, 3.63) is 35.9 Å². The van der Waals surface area contributed by atoms with Crippen LogP contribution in [0.5, 0.6) is 0 Å². The topological polar surface area (TPSA) is 56.9 Å². The third kappa shape index (κ3) is 7.92. The van der Waals surface area contributed by atoms with Crippen molar-refractivity contribution < 1.29 is 0 Å². The van der Waals surface area contributed by atoms with E-state index >= 15 is 0 Å². The molecule has 1 atom stereocenters. The number of hydrogen-bond acceptors (Lipinski definition) is 3. The van der Waals surface area contributed by atoms with Gasteiger partial charge in [0.15, 0.2) is 5.96 Å². The molecule has 5 nitrogen and oxygen atoms in total. The van der Waals surface area contributed by atoms with Crippen LogP contribution in [-0.2, 0) is 6.42 Å². The van der Waals surface area contributed by atoms with Gasteiger partial charge in [-0.2, -0.15) is 0 Å². The van der Waals surface area contributed by atoms with Crippen LogP contribution in [0, 0.1) is 5.92 Å². The van der Waals surface area contributed by atoms with Crippen LogP contribution < -0.4 is 11.1 Å². The van der Waals surface area contributed by atoms with Crippen LogP contribution in [0.15, 0.2) is 35.3 Å². The molecule has 3 N–H and O–H groups in total. The smallest absolute Gasteiger partial charge is 0.188 e. The number of benzene rings is 1. The molecule has 1 aliphatic rings. The highest BCUT2D eigenvalue weighted by atomic mass is 127. The van der Waals surface area contributed by atoms with Gasteiger partial charge in [-0.15, -0.1) is 24.0 Å². The summed E-state index contributed by atoms with van der Waals surface area (Å²) in [6, 6.07) is 10.9. The third-order valence-electron chi connectivity index (χ3n) is 4.79. The molecular formula is C19H34IN5. The zero-order chi connectivity index (χ0) is 17.4. The molecule has 1 aliphatic heterocycles. The Hall–Kier alpha value is -0.860. The summed E-state index contributed by atoms with van der Waals surface area (Å²) in [5.41, 5.74) is 7.37. The molecule has 0 aromatic heterocycles. The van der Waals surface area contributed by atoms with Crippen molar-refractivity contribution in [3.63, 3.8) is 0 Å². The Morgan fingerprint density at radius 3 is 2.40 bits per heavy atom. The molecule has 0 amide bonds. The Labute approximate surface area is 170 Å². The quantitative estimate of drug-likeness (QED) is 0.372. The predicted molar refractivity (Wildman–Crippen MR) is 118 cm³/mol. The second-order valence-electron chi connectivity index (χ2n) is 7.04. The maximum Gasteiger partial charge on any atom is 0.188 e. The lowest BCUT2D eigenvalue weighted by molar-refractivity contribution is 0.0925. The fourth-order valence-electron chi connectivity index (χ4n) is 3.13. The molecule has 0 bridgehead atoms.